The maximum atomic E-state index is 13.1. The molecule has 2 aromatic carbocycles. The van der Waals surface area contributed by atoms with Gasteiger partial charge in [-0.15, -0.1) is 0 Å². The Morgan fingerprint density at radius 3 is 2.57 bits per heavy atom. The number of nitrogens with one attached hydrogen (secondary N) is 1. The predicted octanol–water partition coefficient (Wildman–Crippen LogP) is 3.64. The minimum absolute atomic E-state index is 0.143. The van der Waals surface area contributed by atoms with Crippen LogP contribution in [0.15, 0.2) is 54.6 Å². The summed E-state index contributed by atoms with van der Waals surface area (Å²) in [4.78, 5) is 0. The molecule has 0 aliphatic carbocycles. The Bertz CT molecular complexity index is 855. The summed E-state index contributed by atoms with van der Waals surface area (Å²) >= 11 is 4.92. The second-order valence-corrected chi connectivity index (χ2v) is 5.60. The molecule has 1 aromatic heterocycles. The largest absolute Gasteiger partial charge is 0.376 e. The van der Waals surface area contributed by atoms with Crippen LogP contribution >= 0.6 is 12.2 Å². The molecule has 0 saturated heterocycles. The van der Waals surface area contributed by atoms with Gasteiger partial charge in [0.15, 0.2) is 5.11 Å². The Hall–Kier alpha value is -2.73. The summed E-state index contributed by atoms with van der Waals surface area (Å²) in [5.41, 5.74) is 9.20. The SMILES string of the molecule is Cc1cccc(-c2cc(NC(N)=S)n(-c3ccc(F)cc3)n2)c1. The highest BCUT2D eigenvalue weighted by Crippen LogP contribution is 2.25. The zero-order valence-electron chi connectivity index (χ0n) is 12.5. The first-order valence-corrected chi connectivity index (χ1v) is 7.43. The molecule has 3 N–H and O–H groups in total. The fraction of sp³-hybridized carbons (Fsp3) is 0.0588. The maximum Gasteiger partial charge on any atom is 0.169 e. The zero-order valence-corrected chi connectivity index (χ0v) is 13.3. The van der Waals surface area contributed by atoms with Gasteiger partial charge in [-0.3, -0.25) is 0 Å². The molecule has 3 rings (SSSR count). The van der Waals surface area contributed by atoms with E-state index in [4.69, 9.17) is 18.0 Å². The third-order valence-electron chi connectivity index (χ3n) is 3.35. The summed E-state index contributed by atoms with van der Waals surface area (Å²) in [5.74, 6) is 0.323. The second-order valence-electron chi connectivity index (χ2n) is 5.16. The number of nitrogens with two attached hydrogens (primary N) is 1. The van der Waals surface area contributed by atoms with Gasteiger partial charge in [0.25, 0.3) is 0 Å². The maximum absolute atomic E-state index is 13.1. The fourth-order valence-electron chi connectivity index (χ4n) is 2.32. The number of aryl methyl sites for hydroxylation is 1. The van der Waals surface area contributed by atoms with Gasteiger partial charge >= 0.3 is 0 Å². The van der Waals surface area contributed by atoms with E-state index in [-0.39, 0.29) is 10.9 Å². The Labute approximate surface area is 138 Å². The minimum atomic E-state index is -0.302. The zero-order chi connectivity index (χ0) is 16.4. The van der Waals surface area contributed by atoms with E-state index in [1.807, 2.05) is 37.3 Å². The van der Waals surface area contributed by atoms with E-state index in [2.05, 4.69) is 10.4 Å². The van der Waals surface area contributed by atoms with Crippen LogP contribution in [0.5, 0.6) is 0 Å². The topological polar surface area (TPSA) is 55.9 Å². The minimum Gasteiger partial charge on any atom is -0.376 e. The second kappa shape index (κ2) is 6.18. The van der Waals surface area contributed by atoms with Crippen LogP contribution in [-0.2, 0) is 0 Å². The highest BCUT2D eigenvalue weighted by Gasteiger charge is 2.12. The van der Waals surface area contributed by atoms with Crippen molar-refractivity contribution in [3.05, 3.63) is 66.0 Å². The van der Waals surface area contributed by atoms with Gasteiger partial charge < -0.3 is 11.1 Å². The lowest BCUT2D eigenvalue weighted by Gasteiger charge is -2.08. The number of rotatable bonds is 3. The molecule has 4 nitrogen and oxygen atoms in total. The van der Waals surface area contributed by atoms with E-state index in [1.54, 1.807) is 16.8 Å². The lowest BCUT2D eigenvalue weighted by Crippen LogP contribution is -2.20. The van der Waals surface area contributed by atoms with Crippen LogP contribution in [0.1, 0.15) is 5.56 Å². The van der Waals surface area contributed by atoms with Gasteiger partial charge in [-0.05, 0) is 49.5 Å². The van der Waals surface area contributed by atoms with Crippen molar-refractivity contribution >= 4 is 23.1 Å². The molecule has 0 bridgehead atoms. The van der Waals surface area contributed by atoms with E-state index in [0.717, 1.165) is 16.8 Å². The number of hydrogen-bond donors (Lipinski definition) is 2. The molecule has 116 valence electrons. The summed E-state index contributed by atoms with van der Waals surface area (Å²) < 4.78 is 14.8. The van der Waals surface area contributed by atoms with E-state index in [1.165, 1.54) is 12.1 Å². The molecule has 0 aliphatic heterocycles. The number of aromatic nitrogens is 2. The van der Waals surface area contributed by atoms with Crippen LogP contribution in [0.3, 0.4) is 0 Å². The van der Waals surface area contributed by atoms with E-state index >= 15 is 0 Å². The number of thiocarbonyl (C=S) groups is 1. The van der Waals surface area contributed by atoms with Crippen molar-refractivity contribution in [2.45, 2.75) is 6.92 Å². The van der Waals surface area contributed by atoms with Crippen LogP contribution in [-0.4, -0.2) is 14.9 Å². The molecule has 23 heavy (non-hydrogen) atoms. The summed E-state index contributed by atoms with van der Waals surface area (Å²) in [5, 5.41) is 7.64. The molecular weight excluding hydrogens is 311 g/mol. The van der Waals surface area contributed by atoms with E-state index in [9.17, 15) is 4.39 Å². The van der Waals surface area contributed by atoms with Crippen molar-refractivity contribution in [2.24, 2.45) is 5.73 Å². The molecular formula is C17H15FN4S. The first kappa shape index (κ1) is 15.2. The number of benzene rings is 2. The third-order valence-corrected chi connectivity index (χ3v) is 3.45. The molecule has 0 saturated carbocycles. The van der Waals surface area contributed by atoms with Gasteiger partial charge in [0.1, 0.15) is 11.6 Å². The van der Waals surface area contributed by atoms with Gasteiger partial charge in [0.2, 0.25) is 0 Å². The van der Waals surface area contributed by atoms with Crippen molar-refractivity contribution in [3.8, 4) is 16.9 Å². The molecule has 0 atom stereocenters. The van der Waals surface area contributed by atoms with Crippen molar-refractivity contribution in [3.63, 3.8) is 0 Å². The monoisotopic (exact) mass is 326 g/mol. The molecule has 0 spiro atoms. The van der Waals surface area contributed by atoms with Crippen molar-refractivity contribution in [1.29, 1.82) is 0 Å². The molecule has 0 aliphatic rings. The fourth-order valence-corrected chi connectivity index (χ4v) is 2.43. The lowest BCUT2D eigenvalue weighted by atomic mass is 10.1. The van der Waals surface area contributed by atoms with E-state index in [0.29, 0.717) is 11.5 Å². The number of halogens is 1. The van der Waals surface area contributed by atoms with Gasteiger partial charge in [-0.2, -0.15) is 5.10 Å². The van der Waals surface area contributed by atoms with Gasteiger partial charge in [-0.1, -0.05) is 23.8 Å². The Kier molecular flexibility index (Phi) is 4.08. The average Bonchev–Trinajstić information content (AvgIpc) is 2.91. The van der Waals surface area contributed by atoms with Gasteiger partial charge in [0.05, 0.1) is 11.4 Å². The standard InChI is InChI=1S/C17H15FN4S/c1-11-3-2-4-12(9-11)15-10-16(20-17(19)23)22(21-15)14-7-5-13(18)6-8-14/h2-10H,1H3,(H3,19,20,23). The first-order chi connectivity index (χ1) is 11.0. The Morgan fingerprint density at radius 2 is 1.91 bits per heavy atom. The van der Waals surface area contributed by atoms with Crippen molar-refractivity contribution in [2.75, 3.05) is 5.32 Å². The summed E-state index contributed by atoms with van der Waals surface area (Å²) in [7, 11) is 0. The Morgan fingerprint density at radius 1 is 1.17 bits per heavy atom. The molecule has 0 amide bonds. The molecule has 3 aromatic rings. The quantitative estimate of drug-likeness (QED) is 0.722. The predicted molar refractivity (Wildman–Crippen MR) is 94.1 cm³/mol. The van der Waals surface area contributed by atoms with Crippen LogP contribution in [0.2, 0.25) is 0 Å². The number of hydrogen-bond acceptors (Lipinski definition) is 2. The normalized spacial score (nSPS) is 10.5. The number of nitrogens with zero attached hydrogens (tertiary/aromatic N) is 2. The van der Waals surface area contributed by atoms with Crippen LogP contribution < -0.4 is 11.1 Å². The average molecular weight is 326 g/mol. The van der Waals surface area contributed by atoms with Crippen molar-refractivity contribution < 1.29 is 4.39 Å². The summed E-state index contributed by atoms with van der Waals surface area (Å²) in [6.45, 7) is 2.02. The highest BCUT2D eigenvalue weighted by molar-refractivity contribution is 7.80. The highest BCUT2D eigenvalue weighted by atomic mass is 32.1. The van der Waals surface area contributed by atoms with E-state index < -0.39 is 0 Å². The summed E-state index contributed by atoms with van der Waals surface area (Å²) in [6, 6.07) is 15.9. The van der Waals surface area contributed by atoms with Crippen LogP contribution in [0.4, 0.5) is 10.2 Å². The molecule has 0 fully saturated rings. The van der Waals surface area contributed by atoms with Crippen molar-refractivity contribution in [1.82, 2.24) is 9.78 Å². The Balaban J connectivity index is 2.10. The van der Waals surface area contributed by atoms with Gasteiger partial charge in [0, 0.05) is 11.6 Å². The first-order valence-electron chi connectivity index (χ1n) is 7.02. The van der Waals surface area contributed by atoms with Gasteiger partial charge in [-0.25, -0.2) is 9.07 Å². The molecule has 0 unspecified atom stereocenters. The molecule has 6 heteroatoms. The summed E-state index contributed by atoms with van der Waals surface area (Å²) in [6.07, 6.45) is 0. The smallest absolute Gasteiger partial charge is 0.169 e. The lowest BCUT2D eigenvalue weighted by molar-refractivity contribution is 0.627. The van der Waals surface area contributed by atoms with Crippen LogP contribution in [0, 0.1) is 12.7 Å². The molecule has 0 radical (unpaired) electrons. The van der Waals surface area contributed by atoms with Crippen LogP contribution in [0.25, 0.3) is 16.9 Å². The molecule has 1 heterocycles. The third kappa shape index (κ3) is 3.37. The number of anilines is 1.